The molecular weight excluding hydrogens is 240 g/mol. The van der Waals surface area contributed by atoms with Crippen LogP contribution in [0.25, 0.3) is 0 Å². The number of thiophene rings is 1. The number of aromatic carboxylic acids is 1. The smallest absolute Gasteiger partial charge is 0.345 e. The first-order valence-electron chi connectivity index (χ1n) is 5.69. The number of hydrogen-bond acceptors (Lipinski definition) is 3. The molecule has 1 aliphatic carbocycles. The lowest BCUT2D eigenvalue weighted by atomic mass is 10.0. The maximum Gasteiger partial charge on any atom is 0.345 e. The monoisotopic (exact) mass is 256 g/mol. The number of rotatable bonds is 4. The summed E-state index contributed by atoms with van der Waals surface area (Å²) >= 11 is 3.40. The third-order valence-electron chi connectivity index (χ3n) is 2.89. The van der Waals surface area contributed by atoms with E-state index in [1.54, 1.807) is 6.07 Å². The Hall–Kier alpha value is -0.480. The van der Waals surface area contributed by atoms with Crippen molar-refractivity contribution in [3.05, 3.63) is 21.9 Å². The van der Waals surface area contributed by atoms with Crippen LogP contribution in [0.3, 0.4) is 0 Å². The molecule has 1 heterocycles. The highest BCUT2D eigenvalue weighted by atomic mass is 32.2. The number of carbonyl (C=O) groups is 1. The molecule has 1 saturated carbocycles. The largest absolute Gasteiger partial charge is 0.477 e. The quantitative estimate of drug-likeness (QED) is 0.884. The van der Waals surface area contributed by atoms with Gasteiger partial charge in [-0.3, -0.25) is 0 Å². The summed E-state index contributed by atoms with van der Waals surface area (Å²) in [6.07, 6.45) is 6.79. The summed E-state index contributed by atoms with van der Waals surface area (Å²) in [5, 5.41) is 9.61. The molecule has 2 rings (SSSR count). The van der Waals surface area contributed by atoms with Crippen LogP contribution in [0.1, 0.15) is 46.7 Å². The molecule has 0 amide bonds. The fourth-order valence-electron chi connectivity index (χ4n) is 2.00. The third kappa shape index (κ3) is 3.25. The number of carboxylic acid groups (broad SMARTS) is 1. The Balaban J connectivity index is 1.81. The predicted molar refractivity (Wildman–Crippen MR) is 69.4 cm³/mol. The van der Waals surface area contributed by atoms with Gasteiger partial charge in [-0.05, 0) is 25.0 Å². The minimum Gasteiger partial charge on any atom is -0.477 e. The second-order valence-corrected chi connectivity index (χ2v) is 6.60. The molecule has 16 heavy (non-hydrogen) atoms. The van der Waals surface area contributed by atoms with Gasteiger partial charge in [0.1, 0.15) is 4.88 Å². The van der Waals surface area contributed by atoms with Gasteiger partial charge in [0.05, 0.1) is 0 Å². The third-order valence-corrected chi connectivity index (χ3v) is 5.56. The van der Waals surface area contributed by atoms with Gasteiger partial charge in [-0.2, -0.15) is 11.8 Å². The molecule has 88 valence electrons. The Morgan fingerprint density at radius 3 is 2.75 bits per heavy atom. The van der Waals surface area contributed by atoms with E-state index in [9.17, 15) is 4.79 Å². The van der Waals surface area contributed by atoms with Crippen LogP contribution in [0.15, 0.2) is 12.1 Å². The van der Waals surface area contributed by atoms with Gasteiger partial charge in [-0.15, -0.1) is 11.3 Å². The zero-order chi connectivity index (χ0) is 11.4. The number of thioether (sulfide) groups is 1. The highest BCUT2D eigenvalue weighted by Crippen LogP contribution is 2.32. The van der Waals surface area contributed by atoms with Gasteiger partial charge in [0.25, 0.3) is 0 Å². The van der Waals surface area contributed by atoms with E-state index in [-0.39, 0.29) is 0 Å². The summed E-state index contributed by atoms with van der Waals surface area (Å²) < 4.78 is 0. The van der Waals surface area contributed by atoms with E-state index in [1.807, 2.05) is 17.8 Å². The Morgan fingerprint density at radius 2 is 2.12 bits per heavy atom. The lowest BCUT2D eigenvalue weighted by Gasteiger charge is -2.20. The highest BCUT2D eigenvalue weighted by molar-refractivity contribution is 7.99. The second-order valence-electron chi connectivity index (χ2n) is 4.14. The Kier molecular flexibility index (Phi) is 4.29. The summed E-state index contributed by atoms with van der Waals surface area (Å²) in [6, 6.07) is 3.66. The minimum atomic E-state index is -0.807. The molecule has 0 unspecified atom stereocenters. The van der Waals surface area contributed by atoms with Crippen molar-refractivity contribution in [1.29, 1.82) is 0 Å². The van der Waals surface area contributed by atoms with E-state index in [4.69, 9.17) is 5.11 Å². The SMILES string of the molecule is O=C(O)c1ccc(CSC2CCCCC2)s1. The average Bonchev–Trinajstić information content (AvgIpc) is 2.76. The van der Waals surface area contributed by atoms with E-state index < -0.39 is 5.97 Å². The normalized spacial score (nSPS) is 17.5. The van der Waals surface area contributed by atoms with Gasteiger partial charge < -0.3 is 5.11 Å². The maximum absolute atomic E-state index is 10.7. The lowest BCUT2D eigenvalue weighted by Crippen LogP contribution is -2.07. The molecule has 1 aromatic rings. The van der Waals surface area contributed by atoms with Crippen molar-refractivity contribution in [2.45, 2.75) is 43.1 Å². The number of carboxylic acids is 1. The molecule has 0 bridgehead atoms. The Morgan fingerprint density at radius 1 is 1.38 bits per heavy atom. The topological polar surface area (TPSA) is 37.3 Å². The Labute approximate surface area is 104 Å². The lowest BCUT2D eigenvalue weighted by molar-refractivity contribution is 0.0702. The summed E-state index contributed by atoms with van der Waals surface area (Å²) in [7, 11) is 0. The van der Waals surface area contributed by atoms with Gasteiger partial charge in [-0.1, -0.05) is 19.3 Å². The summed E-state index contributed by atoms with van der Waals surface area (Å²) in [6.45, 7) is 0. The van der Waals surface area contributed by atoms with Crippen molar-refractivity contribution in [3.8, 4) is 0 Å². The van der Waals surface area contributed by atoms with Crippen molar-refractivity contribution < 1.29 is 9.90 Å². The van der Waals surface area contributed by atoms with Crippen LogP contribution < -0.4 is 0 Å². The fourth-order valence-corrected chi connectivity index (χ4v) is 4.25. The molecule has 0 radical (unpaired) electrons. The molecule has 1 aromatic heterocycles. The zero-order valence-corrected chi connectivity index (χ0v) is 10.8. The van der Waals surface area contributed by atoms with E-state index in [1.165, 1.54) is 48.3 Å². The maximum atomic E-state index is 10.7. The van der Waals surface area contributed by atoms with Gasteiger partial charge in [0.2, 0.25) is 0 Å². The minimum absolute atomic E-state index is 0.458. The van der Waals surface area contributed by atoms with Gasteiger partial charge >= 0.3 is 5.97 Å². The van der Waals surface area contributed by atoms with Crippen molar-refractivity contribution in [2.75, 3.05) is 0 Å². The van der Waals surface area contributed by atoms with E-state index in [0.717, 1.165) is 11.0 Å². The van der Waals surface area contributed by atoms with Crippen molar-refractivity contribution in [1.82, 2.24) is 0 Å². The first kappa shape index (κ1) is 12.0. The molecule has 0 spiro atoms. The van der Waals surface area contributed by atoms with E-state index in [2.05, 4.69) is 0 Å². The van der Waals surface area contributed by atoms with Crippen LogP contribution in [0.4, 0.5) is 0 Å². The first-order valence-corrected chi connectivity index (χ1v) is 7.56. The van der Waals surface area contributed by atoms with Gasteiger partial charge in [0, 0.05) is 15.9 Å². The van der Waals surface area contributed by atoms with Gasteiger partial charge in [-0.25, -0.2) is 4.79 Å². The molecule has 0 saturated heterocycles. The van der Waals surface area contributed by atoms with Crippen LogP contribution in [0, 0.1) is 0 Å². The van der Waals surface area contributed by atoms with Crippen molar-refractivity contribution >= 4 is 29.1 Å². The molecule has 2 nitrogen and oxygen atoms in total. The molecule has 1 fully saturated rings. The standard InChI is InChI=1S/C12H16O2S2/c13-12(14)11-7-6-10(16-11)8-15-9-4-2-1-3-5-9/h6-7,9H,1-5,8H2,(H,13,14). The van der Waals surface area contributed by atoms with Crippen LogP contribution >= 0.6 is 23.1 Å². The molecule has 0 aliphatic heterocycles. The molecular formula is C12H16O2S2. The molecule has 0 aromatic carbocycles. The zero-order valence-electron chi connectivity index (χ0n) is 9.15. The highest BCUT2D eigenvalue weighted by Gasteiger charge is 2.14. The van der Waals surface area contributed by atoms with E-state index in [0.29, 0.717) is 4.88 Å². The summed E-state index contributed by atoms with van der Waals surface area (Å²) in [5.74, 6) is 0.168. The van der Waals surface area contributed by atoms with E-state index >= 15 is 0 Å². The van der Waals surface area contributed by atoms with Crippen molar-refractivity contribution in [2.24, 2.45) is 0 Å². The molecule has 1 N–H and O–H groups in total. The van der Waals surface area contributed by atoms with Crippen LogP contribution in [-0.2, 0) is 5.75 Å². The predicted octanol–water partition coefficient (Wildman–Crippen LogP) is 4.01. The Bertz CT molecular complexity index is 354. The average molecular weight is 256 g/mol. The number of hydrogen-bond donors (Lipinski definition) is 1. The second kappa shape index (κ2) is 5.73. The van der Waals surface area contributed by atoms with Gasteiger partial charge in [0.15, 0.2) is 0 Å². The molecule has 0 atom stereocenters. The molecule has 1 aliphatic rings. The van der Waals surface area contributed by atoms with Crippen LogP contribution in [0.5, 0.6) is 0 Å². The van der Waals surface area contributed by atoms with Crippen LogP contribution in [0.2, 0.25) is 0 Å². The van der Waals surface area contributed by atoms with Crippen molar-refractivity contribution in [3.63, 3.8) is 0 Å². The summed E-state index contributed by atoms with van der Waals surface area (Å²) in [4.78, 5) is 12.4. The fraction of sp³-hybridized carbons (Fsp3) is 0.583. The van der Waals surface area contributed by atoms with Crippen LogP contribution in [-0.4, -0.2) is 16.3 Å². The first-order chi connectivity index (χ1) is 7.75. The molecule has 4 heteroatoms. The summed E-state index contributed by atoms with van der Waals surface area (Å²) in [5.41, 5.74) is 0.